The average Bonchev–Trinajstić information content (AvgIpc) is 3.13. The molecule has 1 aliphatic rings. The lowest BCUT2D eigenvalue weighted by atomic mass is 9.92. The number of β-amino-alcohol motifs (C(OH)–C–C–N with tert-alkyl or cyclic N) is 1. The standard InChI is InChI=1S/C17H27N5O/c1-11-5-13(19-18-11)6-12-8-22(10-15(12)23)9-14-7-16(21-20-14)17(2,3)4/h5,7,12,15,23H,6,8-10H2,1-4H3,(H,18,19)(H,20,21)/t12-,15+/m1/s1. The molecule has 0 bridgehead atoms. The van der Waals surface area contributed by atoms with Crippen molar-refractivity contribution in [2.75, 3.05) is 13.1 Å². The summed E-state index contributed by atoms with van der Waals surface area (Å²) in [4.78, 5) is 2.29. The van der Waals surface area contributed by atoms with Crippen LogP contribution >= 0.6 is 0 Å². The Morgan fingerprint density at radius 2 is 2.00 bits per heavy atom. The molecule has 1 saturated heterocycles. The molecule has 6 nitrogen and oxygen atoms in total. The summed E-state index contributed by atoms with van der Waals surface area (Å²) in [5, 5.41) is 25.1. The fourth-order valence-electron chi connectivity index (χ4n) is 3.19. The summed E-state index contributed by atoms with van der Waals surface area (Å²) >= 11 is 0. The van der Waals surface area contributed by atoms with Gasteiger partial charge in [0.15, 0.2) is 0 Å². The van der Waals surface area contributed by atoms with E-state index < -0.39 is 0 Å². The zero-order valence-electron chi connectivity index (χ0n) is 14.4. The largest absolute Gasteiger partial charge is 0.391 e. The van der Waals surface area contributed by atoms with Gasteiger partial charge in [-0.2, -0.15) is 10.2 Å². The average molecular weight is 317 g/mol. The molecule has 0 spiro atoms. The Balaban J connectivity index is 1.59. The number of aryl methyl sites for hydroxylation is 1. The van der Waals surface area contributed by atoms with Gasteiger partial charge in [0.05, 0.1) is 17.5 Å². The van der Waals surface area contributed by atoms with Gasteiger partial charge in [0, 0.05) is 42.4 Å². The van der Waals surface area contributed by atoms with Gasteiger partial charge in [-0.25, -0.2) is 0 Å². The quantitative estimate of drug-likeness (QED) is 0.803. The lowest BCUT2D eigenvalue weighted by Gasteiger charge is -2.15. The molecule has 1 fully saturated rings. The SMILES string of the molecule is Cc1cc(C[C@@H]2CN(Cc3cc(C(C)(C)C)n[nH]3)C[C@@H]2O)n[nH]1. The second-order valence-electron chi connectivity index (χ2n) is 7.80. The van der Waals surface area contributed by atoms with Crippen LogP contribution in [-0.2, 0) is 18.4 Å². The van der Waals surface area contributed by atoms with E-state index in [-0.39, 0.29) is 17.4 Å². The molecule has 3 rings (SSSR count). The van der Waals surface area contributed by atoms with Crippen LogP contribution in [0, 0.1) is 12.8 Å². The number of aliphatic hydroxyl groups is 1. The molecule has 0 radical (unpaired) electrons. The zero-order chi connectivity index (χ0) is 16.6. The minimum atomic E-state index is -0.294. The topological polar surface area (TPSA) is 80.8 Å². The summed E-state index contributed by atoms with van der Waals surface area (Å²) < 4.78 is 0. The number of nitrogens with one attached hydrogen (secondary N) is 2. The number of hydrogen-bond donors (Lipinski definition) is 3. The van der Waals surface area contributed by atoms with Crippen LogP contribution in [0.25, 0.3) is 0 Å². The second-order valence-corrected chi connectivity index (χ2v) is 7.80. The number of aromatic amines is 2. The van der Waals surface area contributed by atoms with Gasteiger partial charge in [-0.15, -0.1) is 0 Å². The number of aliphatic hydroxyl groups excluding tert-OH is 1. The Bertz CT molecular complexity index is 654. The van der Waals surface area contributed by atoms with E-state index in [1.165, 1.54) is 0 Å². The summed E-state index contributed by atoms with van der Waals surface area (Å²) in [6, 6.07) is 4.19. The molecule has 0 aromatic carbocycles. The van der Waals surface area contributed by atoms with E-state index in [9.17, 15) is 5.11 Å². The molecule has 2 atom stereocenters. The first-order valence-electron chi connectivity index (χ1n) is 8.27. The Morgan fingerprint density at radius 3 is 2.61 bits per heavy atom. The van der Waals surface area contributed by atoms with E-state index in [2.05, 4.69) is 58.2 Å². The Hall–Kier alpha value is -1.66. The summed E-state index contributed by atoms with van der Waals surface area (Å²) in [6.45, 7) is 10.9. The van der Waals surface area contributed by atoms with E-state index in [4.69, 9.17) is 0 Å². The molecule has 0 saturated carbocycles. The van der Waals surface area contributed by atoms with Crippen molar-refractivity contribution in [1.29, 1.82) is 0 Å². The normalized spacial score (nSPS) is 22.8. The molecule has 2 aromatic rings. The van der Waals surface area contributed by atoms with Crippen molar-refractivity contribution in [3.63, 3.8) is 0 Å². The van der Waals surface area contributed by atoms with Crippen LogP contribution in [0.1, 0.15) is 43.5 Å². The first-order valence-corrected chi connectivity index (χ1v) is 8.27. The van der Waals surface area contributed by atoms with E-state index in [0.29, 0.717) is 6.54 Å². The smallest absolute Gasteiger partial charge is 0.0711 e. The van der Waals surface area contributed by atoms with Crippen molar-refractivity contribution in [3.05, 3.63) is 34.9 Å². The molecule has 3 N–H and O–H groups in total. The van der Waals surface area contributed by atoms with E-state index in [1.807, 2.05) is 6.92 Å². The molecule has 126 valence electrons. The van der Waals surface area contributed by atoms with Gasteiger partial charge in [0.1, 0.15) is 0 Å². The summed E-state index contributed by atoms with van der Waals surface area (Å²) in [5.74, 6) is 0.239. The van der Waals surface area contributed by atoms with Gasteiger partial charge < -0.3 is 5.11 Å². The molecule has 1 aliphatic heterocycles. The fourth-order valence-corrected chi connectivity index (χ4v) is 3.19. The van der Waals surface area contributed by atoms with Crippen LogP contribution in [0.4, 0.5) is 0 Å². The summed E-state index contributed by atoms with van der Waals surface area (Å²) in [6.07, 6.45) is 0.523. The number of nitrogens with zero attached hydrogens (tertiary/aromatic N) is 3. The van der Waals surface area contributed by atoms with Gasteiger partial charge in [-0.05, 0) is 25.5 Å². The molecule has 3 heterocycles. The highest BCUT2D eigenvalue weighted by atomic mass is 16.3. The predicted molar refractivity (Wildman–Crippen MR) is 89.1 cm³/mol. The third-order valence-electron chi connectivity index (χ3n) is 4.51. The fraction of sp³-hybridized carbons (Fsp3) is 0.647. The van der Waals surface area contributed by atoms with E-state index >= 15 is 0 Å². The molecular formula is C17H27N5O. The van der Waals surface area contributed by atoms with Crippen LogP contribution in [0.3, 0.4) is 0 Å². The maximum atomic E-state index is 10.3. The third kappa shape index (κ3) is 3.82. The maximum Gasteiger partial charge on any atom is 0.0711 e. The molecule has 23 heavy (non-hydrogen) atoms. The molecular weight excluding hydrogens is 290 g/mol. The number of hydrogen-bond acceptors (Lipinski definition) is 4. The second kappa shape index (κ2) is 6.09. The van der Waals surface area contributed by atoms with Crippen molar-refractivity contribution in [2.45, 2.75) is 52.2 Å². The van der Waals surface area contributed by atoms with Gasteiger partial charge >= 0.3 is 0 Å². The highest BCUT2D eigenvalue weighted by Crippen LogP contribution is 2.24. The number of likely N-dealkylation sites (tertiary alicyclic amines) is 1. The Labute approximate surface area is 137 Å². The molecule has 6 heteroatoms. The van der Waals surface area contributed by atoms with Gasteiger partial charge in [-0.3, -0.25) is 15.1 Å². The molecule has 0 aliphatic carbocycles. The van der Waals surface area contributed by atoms with Crippen molar-refractivity contribution in [2.24, 2.45) is 5.92 Å². The first kappa shape index (κ1) is 16.2. The zero-order valence-corrected chi connectivity index (χ0v) is 14.4. The minimum Gasteiger partial charge on any atom is -0.391 e. The van der Waals surface area contributed by atoms with Gasteiger partial charge in [0.2, 0.25) is 0 Å². The van der Waals surface area contributed by atoms with E-state index in [1.54, 1.807) is 0 Å². The molecule has 0 unspecified atom stereocenters. The van der Waals surface area contributed by atoms with Gasteiger partial charge in [-0.1, -0.05) is 20.8 Å². The number of rotatable bonds is 4. The first-order chi connectivity index (χ1) is 10.8. The summed E-state index contributed by atoms with van der Waals surface area (Å²) in [5.41, 5.74) is 4.34. The summed E-state index contributed by atoms with van der Waals surface area (Å²) in [7, 11) is 0. The lowest BCUT2D eigenvalue weighted by molar-refractivity contribution is 0.140. The highest BCUT2D eigenvalue weighted by molar-refractivity contribution is 5.16. The Kier molecular flexibility index (Phi) is 4.29. The van der Waals surface area contributed by atoms with Crippen LogP contribution < -0.4 is 0 Å². The number of H-pyrrole nitrogens is 2. The van der Waals surface area contributed by atoms with Crippen LogP contribution in [-0.4, -0.2) is 49.6 Å². The van der Waals surface area contributed by atoms with Crippen molar-refractivity contribution >= 4 is 0 Å². The number of aromatic nitrogens is 4. The van der Waals surface area contributed by atoms with Crippen molar-refractivity contribution < 1.29 is 5.11 Å². The van der Waals surface area contributed by atoms with Crippen molar-refractivity contribution in [1.82, 2.24) is 25.3 Å². The van der Waals surface area contributed by atoms with E-state index in [0.717, 1.165) is 42.3 Å². The monoisotopic (exact) mass is 317 g/mol. The lowest BCUT2D eigenvalue weighted by Crippen LogP contribution is -2.21. The molecule has 0 amide bonds. The third-order valence-corrected chi connectivity index (χ3v) is 4.51. The predicted octanol–water partition coefficient (Wildman–Crippen LogP) is 1.77. The highest BCUT2D eigenvalue weighted by Gasteiger charge is 2.32. The van der Waals surface area contributed by atoms with Crippen LogP contribution in [0.2, 0.25) is 0 Å². The Morgan fingerprint density at radius 1 is 1.22 bits per heavy atom. The van der Waals surface area contributed by atoms with Gasteiger partial charge in [0.25, 0.3) is 0 Å². The maximum absolute atomic E-state index is 10.3. The van der Waals surface area contributed by atoms with Crippen LogP contribution in [0.15, 0.2) is 12.1 Å². The van der Waals surface area contributed by atoms with Crippen molar-refractivity contribution in [3.8, 4) is 0 Å². The molecule has 2 aromatic heterocycles. The van der Waals surface area contributed by atoms with Crippen LogP contribution in [0.5, 0.6) is 0 Å². The minimum absolute atomic E-state index is 0.0552.